The normalized spacial score (nSPS) is 17.0. The van der Waals surface area contributed by atoms with E-state index in [0.29, 0.717) is 5.92 Å². The molecule has 1 amide bonds. The van der Waals surface area contributed by atoms with Crippen LogP contribution in [0.4, 0.5) is 4.79 Å². The fourth-order valence-corrected chi connectivity index (χ4v) is 2.44. The molecule has 0 atom stereocenters. The van der Waals surface area contributed by atoms with E-state index in [1.165, 1.54) is 0 Å². The summed E-state index contributed by atoms with van der Waals surface area (Å²) in [6, 6.07) is 1.97. The molecule has 0 unspecified atom stereocenters. The Bertz CT molecular complexity index is 431. The van der Waals surface area contributed by atoms with Crippen LogP contribution in [0.5, 0.6) is 0 Å². The number of carbonyl (C=O) groups is 1. The van der Waals surface area contributed by atoms with Crippen LogP contribution in [0.15, 0.2) is 12.3 Å². The SMILES string of the molecule is CC(C)(C)OC(=O)N1CCC(CNCc2ccn[nH]2)CC1. The van der Waals surface area contributed by atoms with Gasteiger partial charge in [-0.2, -0.15) is 5.10 Å². The van der Waals surface area contributed by atoms with E-state index in [2.05, 4.69) is 15.5 Å². The van der Waals surface area contributed by atoms with E-state index < -0.39 is 5.60 Å². The molecule has 0 aromatic carbocycles. The molecule has 2 N–H and O–H groups in total. The monoisotopic (exact) mass is 294 g/mol. The molecule has 0 saturated carbocycles. The van der Waals surface area contributed by atoms with Crippen molar-refractivity contribution in [3.63, 3.8) is 0 Å². The van der Waals surface area contributed by atoms with E-state index in [4.69, 9.17) is 4.74 Å². The largest absolute Gasteiger partial charge is 0.444 e. The van der Waals surface area contributed by atoms with E-state index in [1.807, 2.05) is 31.7 Å². The van der Waals surface area contributed by atoms with E-state index >= 15 is 0 Å². The summed E-state index contributed by atoms with van der Waals surface area (Å²) in [5.41, 5.74) is 0.681. The van der Waals surface area contributed by atoms with Crippen LogP contribution in [0.1, 0.15) is 39.3 Å². The second kappa shape index (κ2) is 6.93. The topological polar surface area (TPSA) is 70.2 Å². The van der Waals surface area contributed by atoms with Crippen molar-refractivity contribution in [3.8, 4) is 0 Å². The molecule has 6 heteroatoms. The predicted molar refractivity (Wildman–Crippen MR) is 80.8 cm³/mol. The number of H-pyrrole nitrogens is 1. The molecule has 21 heavy (non-hydrogen) atoms. The first kappa shape index (κ1) is 15.8. The zero-order valence-corrected chi connectivity index (χ0v) is 13.2. The van der Waals surface area contributed by atoms with Crippen LogP contribution in [0, 0.1) is 5.92 Å². The maximum absolute atomic E-state index is 12.0. The van der Waals surface area contributed by atoms with Gasteiger partial charge >= 0.3 is 6.09 Å². The lowest BCUT2D eigenvalue weighted by molar-refractivity contribution is 0.0184. The maximum Gasteiger partial charge on any atom is 0.410 e. The molecule has 0 bridgehead atoms. The van der Waals surface area contributed by atoms with Crippen LogP contribution in [-0.4, -0.2) is 46.4 Å². The number of carbonyl (C=O) groups excluding carboxylic acids is 1. The van der Waals surface area contributed by atoms with Crippen molar-refractivity contribution in [2.45, 2.75) is 45.8 Å². The van der Waals surface area contributed by atoms with Crippen molar-refractivity contribution >= 4 is 6.09 Å². The quantitative estimate of drug-likeness (QED) is 0.892. The maximum atomic E-state index is 12.0. The number of aromatic amines is 1. The molecule has 118 valence electrons. The highest BCUT2D eigenvalue weighted by Crippen LogP contribution is 2.19. The van der Waals surface area contributed by atoms with Gasteiger partial charge in [-0.25, -0.2) is 4.79 Å². The Labute approximate surface area is 126 Å². The summed E-state index contributed by atoms with van der Waals surface area (Å²) in [4.78, 5) is 13.8. The number of ether oxygens (including phenoxy) is 1. The number of rotatable bonds is 4. The molecule has 2 rings (SSSR count). The standard InChI is InChI=1S/C15H26N4O2/c1-15(2,3)21-14(20)19-8-5-12(6-9-19)10-16-11-13-4-7-17-18-13/h4,7,12,16H,5-6,8-11H2,1-3H3,(H,17,18). The van der Waals surface area contributed by atoms with E-state index in [9.17, 15) is 4.79 Å². The molecular weight excluding hydrogens is 268 g/mol. The second-order valence-corrected chi connectivity index (χ2v) is 6.62. The zero-order chi connectivity index (χ0) is 15.3. The molecule has 0 aliphatic carbocycles. The fraction of sp³-hybridized carbons (Fsp3) is 0.733. The molecule has 2 heterocycles. The van der Waals surface area contributed by atoms with Crippen LogP contribution in [0.3, 0.4) is 0 Å². The summed E-state index contributed by atoms with van der Waals surface area (Å²) in [6.07, 6.45) is 3.62. The Morgan fingerprint density at radius 1 is 1.48 bits per heavy atom. The number of nitrogens with one attached hydrogen (secondary N) is 2. The van der Waals surface area contributed by atoms with Gasteiger partial charge in [0.2, 0.25) is 0 Å². The minimum atomic E-state index is -0.417. The van der Waals surface area contributed by atoms with Gasteiger partial charge in [-0.1, -0.05) is 0 Å². The van der Waals surface area contributed by atoms with Crippen LogP contribution in [0.25, 0.3) is 0 Å². The van der Waals surface area contributed by atoms with Gasteiger partial charge in [0, 0.05) is 31.5 Å². The van der Waals surface area contributed by atoms with Gasteiger partial charge < -0.3 is 15.0 Å². The van der Waals surface area contributed by atoms with Crippen LogP contribution < -0.4 is 5.32 Å². The summed E-state index contributed by atoms with van der Waals surface area (Å²) in [5, 5.41) is 10.3. The Morgan fingerprint density at radius 3 is 2.76 bits per heavy atom. The van der Waals surface area contributed by atoms with E-state index in [0.717, 1.165) is 44.7 Å². The van der Waals surface area contributed by atoms with Crippen molar-refractivity contribution in [2.75, 3.05) is 19.6 Å². The van der Waals surface area contributed by atoms with Crippen LogP contribution in [-0.2, 0) is 11.3 Å². The highest BCUT2D eigenvalue weighted by atomic mass is 16.6. The predicted octanol–water partition coefficient (Wildman–Crippen LogP) is 2.15. The highest BCUT2D eigenvalue weighted by molar-refractivity contribution is 5.68. The molecule has 0 radical (unpaired) electrons. The second-order valence-electron chi connectivity index (χ2n) is 6.62. The van der Waals surface area contributed by atoms with Crippen molar-refractivity contribution in [2.24, 2.45) is 5.92 Å². The van der Waals surface area contributed by atoms with Crippen molar-refractivity contribution < 1.29 is 9.53 Å². The lowest BCUT2D eigenvalue weighted by Crippen LogP contribution is -2.43. The molecule has 1 aromatic rings. The molecule has 1 aliphatic rings. The van der Waals surface area contributed by atoms with Gasteiger partial charge in [-0.05, 0) is 52.1 Å². The molecule has 6 nitrogen and oxygen atoms in total. The van der Waals surface area contributed by atoms with E-state index in [-0.39, 0.29) is 6.09 Å². The fourth-order valence-electron chi connectivity index (χ4n) is 2.44. The highest BCUT2D eigenvalue weighted by Gasteiger charge is 2.26. The molecule has 1 saturated heterocycles. The smallest absolute Gasteiger partial charge is 0.410 e. The molecule has 1 aromatic heterocycles. The molecule has 1 aliphatic heterocycles. The number of likely N-dealkylation sites (tertiary alicyclic amines) is 1. The molecule has 0 spiro atoms. The Kier molecular flexibility index (Phi) is 5.22. The number of piperidine rings is 1. The lowest BCUT2D eigenvalue weighted by Gasteiger charge is -2.33. The van der Waals surface area contributed by atoms with Crippen molar-refractivity contribution in [1.82, 2.24) is 20.4 Å². The van der Waals surface area contributed by atoms with E-state index in [1.54, 1.807) is 6.20 Å². The lowest BCUT2D eigenvalue weighted by atomic mass is 9.97. The first-order chi connectivity index (χ1) is 9.94. The number of hydrogen-bond donors (Lipinski definition) is 2. The van der Waals surface area contributed by atoms with Crippen LogP contribution >= 0.6 is 0 Å². The first-order valence-corrected chi connectivity index (χ1v) is 7.61. The number of amides is 1. The minimum Gasteiger partial charge on any atom is -0.444 e. The van der Waals surface area contributed by atoms with Gasteiger partial charge in [0.15, 0.2) is 0 Å². The average Bonchev–Trinajstić information content (AvgIpc) is 2.91. The zero-order valence-electron chi connectivity index (χ0n) is 13.2. The Morgan fingerprint density at radius 2 is 2.19 bits per heavy atom. The third kappa shape index (κ3) is 5.38. The van der Waals surface area contributed by atoms with Gasteiger partial charge in [-0.15, -0.1) is 0 Å². The number of hydrogen-bond acceptors (Lipinski definition) is 4. The first-order valence-electron chi connectivity index (χ1n) is 7.61. The number of nitrogens with zero attached hydrogens (tertiary/aromatic N) is 2. The van der Waals surface area contributed by atoms with Crippen LogP contribution in [0.2, 0.25) is 0 Å². The third-order valence-corrected chi connectivity index (χ3v) is 3.57. The molecular formula is C15H26N4O2. The minimum absolute atomic E-state index is 0.189. The third-order valence-electron chi connectivity index (χ3n) is 3.57. The number of aromatic nitrogens is 2. The van der Waals surface area contributed by atoms with Gasteiger partial charge in [-0.3, -0.25) is 5.10 Å². The van der Waals surface area contributed by atoms with Crippen molar-refractivity contribution in [1.29, 1.82) is 0 Å². The average molecular weight is 294 g/mol. The van der Waals surface area contributed by atoms with Gasteiger partial charge in [0.25, 0.3) is 0 Å². The molecule has 1 fully saturated rings. The summed E-state index contributed by atoms with van der Waals surface area (Å²) in [7, 11) is 0. The summed E-state index contributed by atoms with van der Waals surface area (Å²) < 4.78 is 5.40. The van der Waals surface area contributed by atoms with Gasteiger partial charge in [0.05, 0.1) is 0 Å². The van der Waals surface area contributed by atoms with Crippen molar-refractivity contribution in [3.05, 3.63) is 18.0 Å². The summed E-state index contributed by atoms with van der Waals surface area (Å²) in [6.45, 7) is 9.05. The summed E-state index contributed by atoms with van der Waals surface area (Å²) in [5.74, 6) is 0.617. The van der Waals surface area contributed by atoms with Gasteiger partial charge in [0.1, 0.15) is 5.60 Å². The Balaban J connectivity index is 1.65. The summed E-state index contributed by atoms with van der Waals surface area (Å²) >= 11 is 0. The Hall–Kier alpha value is -1.56.